The third-order valence-electron chi connectivity index (χ3n) is 6.35. The summed E-state index contributed by atoms with van der Waals surface area (Å²) < 4.78 is 2.95. The molecule has 0 bridgehead atoms. The Labute approximate surface area is 228 Å². The van der Waals surface area contributed by atoms with Gasteiger partial charge in [-0.15, -0.1) is 0 Å². The van der Waals surface area contributed by atoms with Crippen LogP contribution in [0.2, 0.25) is 24.7 Å². The zero-order chi connectivity index (χ0) is 28.2. The topological polar surface area (TPSA) is 102 Å². The van der Waals surface area contributed by atoms with Gasteiger partial charge in [-0.1, -0.05) is 50.3 Å². The molecule has 0 amide bonds. The van der Waals surface area contributed by atoms with Crippen molar-refractivity contribution >= 4 is 42.1 Å². The summed E-state index contributed by atoms with van der Waals surface area (Å²) in [6, 6.07) is 12.2. The average molecular weight is 552 g/mol. The number of fused-ring (bicyclic) bond motifs is 1. The van der Waals surface area contributed by atoms with Crippen molar-refractivity contribution in [3.63, 3.8) is 0 Å². The molecule has 0 N–H and O–H groups in total. The molecule has 0 spiro atoms. The van der Waals surface area contributed by atoms with Gasteiger partial charge in [0.1, 0.15) is 17.6 Å². The Morgan fingerprint density at radius 2 is 1.55 bits per heavy atom. The first-order chi connectivity index (χ1) is 17.8. The molecule has 0 aliphatic rings. The highest BCUT2D eigenvalue weighted by molar-refractivity contribution is 6.75. The largest absolute Gasteiger partial charge is 0.331 e. The molecule has 0 saturated heterocycles. The SMILES string of the molecule is CCn1c(=O)c2cc(CC(=O)CC(C)CC(=O)Cc3ccc(C#N)c(Cl)c3)ccc2n(C[Si](C)(C)C)c1=O. The Morgan fingerprint density at radius 1 is 0.974 bits per heavy atom. The van der Waals surface area contributed by atoms with Crippen LogP contribution in [0.5, 0.6) is 0 Å². The first-order valence-corrected chi connectivity index (χ1v) is 16.9. The van der Waals surface area contributed by atoms with Gasteiger partial charge in [0.05, 0.1) is 29.6 Å². The number of carbonyl (C=O) groups excluding carboxylic acids is 2. The van der Waals surface area contributed by atoms with E-state index in [0.717, 1.165) is 5.56 Å². The molecule has 0 aliphatic carbocycles. The van der Waals surface area contributed by atoms with Crippen LogP contribution in [0, 0.1) is 17.2 Å². The van der Waals surface area contributed by atoms with E-state index in [1.54, 1.807) is 47.9 Å². The smallest absolute Gasteiger partial charge is 0.299 e. The van der Waals surface area contributed by atoms with Gasteiger partial charge in [0.15, 0.2) is 0 Å². The Kier molecular flexibility index (Phi) is 9.29. The molecule has 1 atom stereocenters. The van der Waals surface area contributed by atoms with E-state index in [9.17, 15) is 19.2 Å². The lowest BCUT2D eigenvalue weighted by molar-refractivity contribution is -0.121. The Bertz CT molecular complexity index is 1540. The van der Waals surface area contributed by atoms with Gasteiger partial charge in [-0.2, -0.15) is 5.26 Å². The van der Waals surface area contributed by atoms with Gasteiger partial charge < -0.3 is 0 Å². The minimum Gasteiger partial charge on any atom is -0.299 e. The maximum atomic E-state index is 13.1. The minimum atomic E-state index is -1.66. The van der Waals surface area contributed by atoms with Crippen molar-refractivity contribution in [2.24, 2.45) is 5.92 Å². The summed E-state index contributed by atoms with van der Waals surface area (Å²) in [6.45, 7) is 10.4. The molecule has 1 heterocycles. The van der Waals surface area contributed by atoms with Crippen LogP contribution in [0.1, 0.15) is 43.4 Å². The number of nitriles is 1. The number of rotatable bonds is 11. The Morgan fingerprint density at radius 3 is 2.08 bits per heavy atom. The molecule has 0 saturated carbocycles. The van der Waals surface area contributed by atoms with Crippen LogP contribution in [0.15, 0.2) is 46.0 Å². The van der Waals surface area contributed by atoms with E-state index in [1.165, 1.54) is 4.57 Å². The maximum Gasteiger partial charge on any atom is 0.331 e. The zero-order valence-electron chi connectivity index (χ0n) is 22.6. The second-order valence-corrected chi connectivity index (χ2v) is 17.0. The predicted octanol–water partition coefficient (Wildman–Crippen LogP) is 4.93. The van der Waals surface area contributed by atoms with Gasteiger partial charge in [0.2, 0.25) is 0 Å². The predicted molar refractivity (Wildman–Crippen MR) is 153 cm³/mol. The van der Waals surface area contributed by atoms with E-state index in [-0.39, 0.29) is 61.0 Å². The maximum absolute atomic E-state index is 13.1. The zero-order valence-corrected chi connectivity index (χ0v) is 24.4. The number of ketones is 2. The molecule has 7 nitrogen and oxygen atoms in total. The second kappa shape index (κ2) is 12.1. The molecule has 1 unspecified atom stereocenters. The van der Waals surface area contributed by atoms with Crippen LogP contribution in [-0.4, -0.2) is 28.8 Å². The third-order valence-corrected chi connectivity index (χ3v) is 7.92. The summed E-state index contributed by atoms with van der Waals surface area (Å²) in [5.74, 6) is -0.155. The normalized spacial score (nSPS) is 12.3. The number of benzene rings is 2. The van der Waals surface area contributed by atoms with Crippen LogP contribution >= 0.6 is 11.6 Å². The first kappa shape index (κ1) is 29.3. The molecular weight excluding hydrogens is 518 g/mol. The van der Waals surface area contributed by atoms with Gasteiger partial charge in [-0.05, 0) is 48.2 Å². The monoisotopic (exact) mass is 551 g/mol. The first-order valence-electron chi connectivity index (χ1n) is 12.8. The van der Waals surface area contributed by atoms with Crippen LogP contribution in [0.25, 0.3) is 10.9 Å². The lowest BCUT2D eigenvalue weighted by Gasteiger charge is -2.21. The van der Waals surface area contributed by atoms with E-state index in [1.807, 2.05) is 13.0 Å². The molecule has 200 valence electrons. The standard InChI is InChI=1S/C29H34ClN3O4Si/c1-6-32-28(36)25-15-20(8-10-27(25)33(29(32)37)18-38(3,4)5)13-23(34)11-19(2)12-24(35)14-21-7-9-22(17-31)26(30)16-21/h7-10,15-16,19H,6,11-14,18H2,1-5H3. The molecule has 3 rings (SSSR count). The summed E-state index contributed by atoms with van der Waals surface area (Å²) in [5, 5.41) is 9.75. The lowest BCUT2D eigenvalue weighted by Crippen LogP contribution is -2.43. The van der Waals surface area contributed by atoms with Crippen LogP contribution in [-0.2, 0) is 35.1 Å². The molecule has 0 aliphatic heterocycles. The van der Waals surface area contributed by atoms with Crippen molar-refractivity contribution in [3.8, 4) is 6.07 Å². The number of hydrogen-bond donors (Lipinski definition) is 0. The van der Waals surface area contributed by atoms with Crippen molar-refractivity contribution in [1.29, 1.82) is 5.26 Å². The molecule has 0 radical (unpaired) electrons. The van der Waals surface area contributed by atoms with Crippen molar-refractivity contribution < 1.29 is 9.59 Å². The molecule has 9 heteroatoms. The molecule has 1 aromatic heterocycles. The number of Topliss-reactive ketones (excluding diaryl/α,β-unsaturated/α-hetero) is 2. The van der Waals surface area contributed by atoms with E-state index < -0.39 is 8.07 Å². The van der Waals surface area contributed by atoms with E-state index in [2.05, 4.69) is 19.6 Å². The van der Waals surface area contributed by atoms with Gasteiger partial charge in [0, 0.05) is 38.4 Å². The van der Waals surface area contributed by atoms with Gasteiger partial charge >= 0.3 is 5.69 Å². The van der Waals surface area contributed by atoms with E-state index in [0.29, 0.717) is 33.2 Å². The quantitative estimate of drug-likeness (QED) is 0.315. The summed E-state index contributed by atoms with van der Waals surface area (Å²) >= 11 is 6.06. The highest BCUT2D eigenvalue weighted by Crippen LogP contribution is 2.20. The molecule has 0 fully saturated rings. The van der Waals surface area contributed by atoms with E-state index in [4.69, 9.17) is 16.9 Å². The summed E-state index contributed by atoms with van der Waals surface area (Å²) in [4.78, 5) is 51.4. The second-order valence-electron chi connectivity index (χ2n) is 11.2. The number of nitrogens with zero attached hydrogens (tertiary/aromatic N) is 3. The lowest BCUT2D eigenvalue weighted by atomic mass is 9.93. The third kappa shape index (κ3) is 7.18. The number of carbonyl (C=O) groups is 2. The Balaban J connectivity index is 1.72. The fourth-order valence-corrected chi connectivity index (χ4v) is 6.19. The fraction of sp³-hybridized carbons (Fsp3) is 0.414. The number of hydrogen-bond acceptors (Lipinski definition) is 5. The van der Waals surface area contributed by atoms with Crippen LogP contribution in [0.4, 0.5) is 0 Å². The average Bonchev–Trinajstić information content (AvgIpc) is 2.81. The van der Waals surface area contributed by atoms with Crippen molar-refractivity contribution in [2.75, 3.05) is 0 Å². The molecule has 2 aromatic carbocycles. The summed E-state index contributed by atoms with van der Waals surface area (Å²) in [5.41, 5.74) is 1.78. The fourth-order valence-electron chi connectivity index (χ4n) is 4.70. The number of halogens is 1. The van der Waals surface area contributed by atoms with E-state index >= 15 is 0 Å². The van der Waals surface area contributed by atoms with Gasteiger partial charge in [-0.25, -0.2) is 4.79 Å². The number of aromatic nitrogens is 2. The van der Waals surface area contributed by atoms with Crippen molar-refractivity contribution in [3.05, 3.63) is 78.9 Å². The highest BCUT2D eigenvalue weighted by Gasteiger charge is 2.20. The molecule has 38 heavy (non-hydrogen) atoms. The van der Waals surface area contributed by atoms with Gasteiger partial charge in [-0.3, -0.25) is 23.5 Å². The van der Waals surface area contributed by atoms with Gasteiger partial charge in [0.25, 0.3) is 5.56 Å². The van der Waals surface area contributed by atoms with Crippen molar-refractivity contribution in [1.82, 2.24) is 9.13 Å². The van der Waals surface area contributed by atoms with Crippen molar-refractivity contribution in [2.45, 2.75) is 71.9 Å². The minimum absolute atomic E-state index is 0.00253. The van der Waals surface area contributed by atoms with Crippen LogP contribution in [0.3, 0.4) is 0 Å². The summed E-state index contributed by atoms with van der Waals surface area (Å²) in [7, 11) is -1.66. The summed E-state index contributed by atoms with van der Waals surface area (Å²) in [6.07, 6.45) is 1.44. The van der Waals surface area contributed by atoms with Crippen LogP contribution < -0.4 is 11.2 Å². The molecule has 3 aromatic rings. The highest BCUT2D eigenvalue weighted by atomic mass is 35.5. The Hall–Kier alpha value is -3.28. The molecular formula is C29H34ClN3O4Si.